The largest absolute Gasteiger partial charge is 0.480 e. The van der Waals surface area contributed by atoms with Gasteiger partial charge in [0.05, 0.1) is 6.61 Å². The van der Waals surface area contributed by atoms with Crippen LogP contribution in [0.4, 0.5) is 0 Å². The average Bonchev–Trinajstić information content (AvgIpc) is 2.15. The molecule has 1 atom stereocenters. The summed E-state index contributed by atoms with van der Waals surface area (Å²) < 4.78 is 29.8. The molecule has 1 saturated heterocycles. The van der Waals surface area contributed by atoms with E-state index in [4.69, 9.17) is 9.84 Å². The van der Waals surface area contributed by atoms with Gasteiger partial charge in [-0.1, -0.05) is 0 Å². The van der Waals surface area contributed by atoms with E-state index in [0.717, 1.165) is 19.4 Å². The van der Waals surface area contributed by atoms with Gasteiger partial charge in [-0.2, -0.15) is 0 Å². The lowest BCUT2D eigenvalue weighted by atomic mass is 10.0. The van der Waals surface area contributed by atoms with Crippen LogP contribution in [0.2, 0.25) is 0 Å². The molecule has 1 fully saturated rings. The van der Waals surface area contributed by atoms with Gasteiger partial charge >= 0.3 is 5.97 Å². The van der Waals surface area contributed by atoms with Crippen LogP contribution in [0.15, 0.2) is 0 Å². The summed E-state index contributed by atoms with van der Waals surface area (Å²) in [5.74, 6) is -2.06. The SMILES string of the molecule is O=C(O)CS(=O)(=O)NCC1CCCOC1. The minimum absolute atomic E-state index is 0.155. The van der Waals surface area contributed by atoms with E-state index >= 15 is 0 Å². The van der Waals surface area contributed by atoms with E-state index in [9.17, 15) is 13.2 Å². The molecule has 0 aromatic heterocycles. The van der Waals surface area contributed by atoms with Crippen LogP contribution in [0.1, 0.15) is 12.8 Å². The van der Waals surface area contributed by atoms with Gasteiger partial charge in [0.25, 0.3) is 0 Å². The second-order valence-electron chi connectivity index (χ2n) is 3.58. The first-order valence-electron chi connectivity index (χ1n) is 4.76. The first kappa shape index (κ1) is 12.4. The predicted molar refractivity (Wildman–Crippen MR) is 53.0 cm³/mol. The maximum absolute atomic E-state index is 11.2. The molecule has 1 unspecified atom stereocenters. The van der Waals surface area contributed by atoms with Crippen molar-refractivity contribution in [3.63, 3.8) is 0 Å². The fourth-order valence-corrected chi connectivity index (χ4v) is 2.34. The molecule has 0 aromatic rings. The van der Waals surface area contributed by atoms with Crippen molar-refractivity contribution >= 4 is 16.0 Å². The van der Waals surface area contributed by atoms with Crippen molar-refractivity contribution in [3.05, 3.63) is 0 Å². The standard InChI is InChI=1S/C8H15NO5S/c10-8(11)6-15(12,13)9-4-7-2-1-3-14-5-7/h7,9H,1-6H2,(H,10,11). The summed E-state index contributed by atoms with van der Waals surface area (Å²) in [4.78, 5) is 10.2. The summed E-state index contributed by atoms with van der Waals surface area (Å²) in [5, 5.41) is 8.34. The molecule has 88 valence electrons. The molecule has 0 aromatic carbocycles. The second-order valence-corrected chi connectivity index (χ2v) is 5.39. The Labute approximate surface area is 88.7 Å². The molecule has 7 heteroatoms. The van der Waals surface area contributed by atoms with Gasteiger partial charge < -0.3 is 9.84 Å². The molecule has 1 rings (SSSR count). The molecule has 0 amide bonds. The number of hydrogen-bond donors (Lipinski definition) is 2. The Balaban J connectivity index is 2.31. The molecule has 0 spiro atoms. The van der Waals surface area contributed by atoms with Crippen LogP contribution in [-0.2, 0) is 19.6 Å². The highest BCUT2D eigenvalue weighted by molar-refractivity contribution is 7.90. The highest BCUT2D eigenvalue weighted by atomic mass is 32.2. The number of carboxylic acids is 1. The van der Waals surface area contributed by atoms with E-state index in [-0.39, 0.29) is 12.5 Å². The number of aliphatic carboxylic acids is 1. The van der Waals surface area contributed by atoms with E-state index in [1.54, 1.807) is 0 Å². The maximum Gasteiger partial charge on any atom is 0.320 e. The van der Waals surface area contributed by atoms with Crippen molar-refractivity contribution in [1.29, 1.82) is 0 Å². The molecular formula is C8H15NO5S. The summed E-state index contributed by atoms with van der Waals surface area (Å²) in [6.07, 6.45) is 1.83. The lowest BCUT2D eigenvalue weighted by Gasteiger charge is -2.21. The Bertz CT molecular complexity index is 307. The smallest absolute Gasteiger partial charge is 0.320 e. The molecule has 0 bridgehead atoms. The lowest BCUT2D eigenvalue weighted by molar-refractivity contribution is -0.134. The molecular weight excluding hydrogens is 222 g/mol. The van der Waals surface area contributed by atoms with Gasteiger partial charge in [-0.15, -0.1) is 0 Å². The molecule has 6 nitrogen and oxygen atoms in total. The van der Waals surface area contributed by atoms with Crippen LogP contribution in [0.25, 0.3) is 0 Å². The van der Waals surface area contributed by atoms with Gasteiger partial charge in [-0.05, 0) is 18.8 Å². The zero-order chi connectivity index (χ0) is 11.3. The Morgan fingerprint density at radius 3 is 2.80 bits per heavy atom. The summed E-state index contributed by atoms with van der Waals surface area (Å²) >= 11 is 0. The molecule has 0 aliphatic carbocycles. The van der Waals surface area contributed by atoms with Gasteiger partial charge in [0, 0.05) is 13.2 Å². The Kier molecular flexibility index (Phi) is 4.49. The van der Waals surface area contributed by atoms with Crippen molar-refractivity contribution in [2.45, 2.75) is 12.8 Å². The van der Waals surface area contributed by atoms with E-state index in [0.29, 0.717) is 6.61 Å². The normalized spacial score (nSPS) is 22.5. The number of sulfonamides is 1. The van der Waals surface area contributed by atoms with Crippen LogP contribution >= 0.6 is 0 Å². The Morgan fingerprint density at radius 1 is 1.53 bits per heavy atom. The minimum Gasteiger partial charge on any atom is -0.480 e. The van der Waals surface area contributed by atoms with Gasteiger partial charge in [0.1, 0.15) is 0 Å². The highest BCUT2D eigenvalue weighted by Crippen LogP contribution is 2.12. The Morgan fingerprint density at radius 2 is 2.27 bits per heavy atom. The third-order valence-corrected chi connectivity index (χ3v) is 3.39. The second kappa shape index (κ2) is 5.43. The third-order valence-electron chi connectivity index (χ3n) is 2.16. The van der Waals surface area contributed by atoms with Crippen molar-refractivity contribution in [2.75, 3.05) is 25.5 Å². The summed E-state index contributed by atoms with van der Waals surface area (Å²) in [6, 6.07) is 0. The van der Waals surface area contributed by atoms with Crippen molar-refractivity contribution in [2.24, 2.45) is 5.92 Å². The topological polar surface area (TPSA) is 92.7 Å². The lowest BCUT2D eigenvalue weighted by Crippen LogP contribution is -2.36. The first-order valence-corrected chi connectivity index (χ1v) is 6.42. The maximum atomic E-state index is 11.2. The first-order chi connectivity index (χ1) is 6.99. The van der Waals surface area contributed by atoms with Gasteiger partial charge in [-0.3, -0.25) is 4.79 Å². The highest BCUT2D eigenvalue weighted by Gasteiger charge is 2.19. The molecule has 0 radical (unpaired) electrons. The summed E-state index contributed by atoms with van der Waals surface area (Å²) in [5.41, 5.74) is 0. The number of ether oxygens (including phenoxy) is 1. The predicted octanol–water partition coefficient (Wildman–Crippen LogP) is -0.583. The van der Waals surface area contributed by atoms with Crippen LogP contribution in [0, 0.1) is 5.92 Å². The van der Waals surface area contributed by atoms with E-state index in [1.165, 1.54) is 0 Å². The fourth-order valence-electron chi connectivity index (χ4n) is 1.43. The monoisotopic (exact) mass is 237 g/mol. The zero-order valence-corrected chi connectivity index (χ0v) is 9.12. The molecule has 0 saturated carbocycles. The fraction of sp³-hybridized carbons (Fsp3) is 0.875. The Hall–Kier alpha value is -0.660. The quantitative estimate of drug-likeness (QED) is 0.667. The summed E-state index contributed by atoms with van der Waals surface area (Å²) in [6.45, 7) is 1.52. The zero-order valence-electron chi connectivity index (χ0n) is 8.31. The van der Waals surface area contributed by atoms with Crippen molar-refractivity contribution < 1.29 is 23.1 Å². The molecule has 1 aliphatic rings. The number of carboxylic acid groups (broad SMARTS) is 1. The average molecular weight is 237 g/mol. The third kappa shape index (κ3) is 5.10. The minimum atomic E-state index is -3.69. The summed E-state index contributed by atoms with van der Waals surface area (Å²) in [7, 11) is -3.69. The number of carbonyl (C=O) groups is 1. The van der Waals surface area contributed by atoms with E-state index in [2.05, 4.69) is 4.72 Å². The molecule has 2 N–H and O–H groups in total. The molecule has 1 aliphatic heterocycles. The van der Waals surface area contributed by atoms with Gasteiger partial charge in [-0.25, -0.2) is 13.1 Å². The van der Waals surface area contributed by atoms with E-state index < -0.39 is 21.7 Å². The van der Waals surface area contributed by atoms with Crippen LogP contribution in [-0.4, -0.2) is 45.0 Å². The molecule has 1 heterocycles. The van der Waals surface area contributed by atoms with Gasteiger partial charge in [0.15, 0.2) is 5.75 Å². The van der Waals surface area contributed by atoms with Crippen LogP contribution in [0.3, 0.4) is 0 Å². The number of rotatable bonds is 5. The van der Waals surface area contributed by atoms with Crippen LogP contribution < -0.4 is 4.72 Å². The number of hydrogen-bond acceptors (Lipinski definition) is 4. The van der Waals surface area contributed by atoms with E-state index in [1.807, 2.05) is 0 Å². The van der Waals surface area contributed by atoms with Gasteiger partial charge in [0.2, 0.25) is 10.0 Å². The van der Waals surface area contributed by atoms with Crippen molar-refractivity contribution in [3.8, 4) is 0 Å². The molecule has 15 heavy (non-hydrogen) atoms. The number of nitrogens with one attached hydrogen (secondary N) is 1. The van der Waals surface area contributed by atoms with Crippen LogP contribution in [0.5, 0.6) is 0 Å². The van der Waals surface area contributed by atoms with Crippen molar-refractivity contribution in [1.82, 2.24) is 4.72 Å².